The second-order valence-electron chi connectivity index (χ2n) is 9.07. The Morgan fingerprint density at radius 2 is 1.92 bits per heavy atom. The topological polar surface area (TPSA) is 80.4 Å². The number of hydrogen-bond donors (Lipinski definition) is 2. The lowest BCUT2D eigenvalue weighted by Crippen LogP contribution is -2.53. The van der Waals surface area contributed by atoms with Crippen molar-refractivity contribution in [1.29, 1.82) is 0 Å². The molecule has 5 heteroatoms. The van der Waals surface area contributed by atoms with E-state index in [1.165, 1.54) is 0 Å². The molecule has 0 heterocycles. The predicted octanol–water partition coefficient (Wildman–Crippen LogP) is 1.99. The third-order valence-corrected chi connectivity index (χ3v) is 10.1. The highest BCUT2D eigenvalue weighted by atomic mass is 32.2. The number of rotatable bonds is 4. The first kappa shape index (κ1) is 16.8. The fourth-order valence-electron chi connectivity index (χ4n) is 6.41. The van der Waals surface area contributed by atoms with Crippen LogP contribution in [0.15, 0.2) is 12.2 Å². The minimum Gasteiger partial charge on any atom is -0.392 e. The molecule has 134 valence electrons. The first-order valence-electron chi connectivity index (χ1n) is 9.31. The number of carbonyl (C=O) groups excluding carboxylic acids is 1. The van der Waals surface area contributed by atoms with E-state index in [-0.39, 0.29) is 45.8 Å². The molecule has 0 aromatic rings. The van der Waals surface area contributed by atoms with Gasteiger partial charge in [0.2, 0.25) is 5.91 Å². The van der Waals surface area contributed by atoms with Crippen molar-refractivity contribution in [3.63, 3.8) is 0 Å². The summed E-state index contributed by atoms with van der Waals surface area (Å²) in [5.41, 5.74) is 5.45. The molecule has 1 amide bonds. The summed E-state index contributed by atoms with van der Waals surface area (Å²) in [6, 6.07) is 0. The first-order valence-corrected chi connectivity index (χ1v) is 10.7. The quantitative estimate of drug-likeness (QED) is 0.760. The fourth-order valence-corrected chi connectivity index (χ4v) is 9.10. The second-order valence-corrected chi connectivity index (χ2v) is 10.7. The molecule has 5 rings (SSSR count). The molecular weight excluding hydrogens is 322 g/mol. The van der Waals surface area contributed by atoms with Gasteiger partial charge < -0.3 is 10.8 Å². The number of nitrogens with two attached hydrogens (primary N) is 1. The van der Waals surface area contributed by atoms with Crippen LogP contribution >= 0.6 is 0 Å². The Morgan fingerprint density at radius 1 is 1.25 bits per heavy atom. The lowest BCUT2D eigenvalue weighted by Gasteiger charge is -2.46. The number of allylic oxidation sites excluding steroid dienone is 2. The Bertz CT molecular complexity index is 616. The van der Waals surface area contributed by atoms with E-state index in [2.05, 4.69) is 26.0 Å². The van der Waals surface area contributed by atoms with Gasteiger partial charge in [0, 0.05) is 22.0 Å². The summed E-state index contributed by atoms with van der Waals surface area (Å²) in [4.78, 5) is 12.1. The highest BCUT2D eigenvalue weighted by molar-refractivity contribution is 7.85. The zero-order valence-electron chi connectivity index (χ0n) is 14.6. The number of carbonyl (C=O) groups is 1. The van der Waals surface area contributed by atoms with Crippen molar-refractivity contribution in [1.82, 2.24) is 0 Å². The van der Waals surface area contributed by atoms with Crippen LogP contribution < -0.4 is 5.73 Å². The molecule has 0 aromatic carbocycles. The van der Waals surface area contributed by atoms with Crippen molar-refractivity contribution in [2.45, 2.75) is 57.3 Å². The number of hydrogen-bond acceptors (Lipinski definition) is 3. The average molecular weight is 352 g/mol. The third kappa shape index (κ3) is 2.06. The Labute approximate surface area is 146 Å². The van der Waals surface area contributed by atoms with Gasteiger partial charge in [0.15, 0.2) is 0 Å². The van der Waals surface area contributed by atoms with Crippen LogP contribution in [-0.4, -0.2) is 32.3 Å². The molecule has 3 saturated carbocycles. The number of aliphatic hydroxyl groups is 1. The van der Waals surface area contributed by atoms with E-state index in [4.69, 9.17) is 5.73 Å². The van der Waals surface area contributed by atoms with Crippen molar-refractivity contribution in [3.05, 3.63) is 12.2 Å². The zero-order valence-corrected chi connectivity index (χ0v) is 15.4. The molecule has 0 spiro atoms. The van der Waals surface area contributed by atoms with E-state index in [1.807, 2.05) is 0 Å². The number of fused-ring (bicyclic) bond motifs is 4. The maximum absolute atomic E-state index is 13.4. The summed E-state index contributed by atoms with van der Waals surface area (Å²) < 4.78 is 13.4. The molecule has 3 fully saturated rings. The summed E-state index contributed by atoms with van der Waals surface area (Å²) in [6.45, 7) is 4.47. The van der Waals surface area contributed by atoms with Crippen LogP contribution in [0, 0.1) is 34.5 Å². The van der Waals surface area contributed by atoms with Gasteiger partial charge in [-0.05, 0) is 55.3 Å². The summed E-state index contributed by atoms with van der Waals surface area (Å²) in [7, 11) is -1.14. The maximum atomic E-state index is 13.4. The molecule has 8 atom stereocenters. The molecular formula is C19H29NO3S. The van der Waals surface area contributed by atoms with Crippen molar-refractivity contribution >= 4 is 16.7 Å². The van der Waals surface area contributed by atoms with Crippen LogP contribution in [-0.2, 0) is 15.6 Å². The second kappa shape index (κ2) is 5.41. The van der Waals surface area contributed by atoms with E-state index in [9.17, 15) is 14.1 Å². The SMILES string of the molecule is CC1(C)[C@@H]2CC[C@@]1(CS(=O)[C@H]1[C@@H](C(N)=O)[C@H]3C=C[C@@H]1CC3)[C@H](O)C2. The van der Waals surface area contributed by atoms with Crippen LogP contribution in [0.4, 0.5) is 0 Å². The molecule has 0 radical (unpaired) electrons. The van der Waals surface area contributed by atoms with Crippen molar-refractivity contribution in [3.8, 4) is 0 Å². The molecule has 0 aromatic heterocycles. The van der Waals surface area contributed by atoms with Crippen molar-refractivity contribution in [2.24, 2.45) is 40.2 Å². The molecule has 5 aliphatic rings. The molecule has 0 aliphatic heterocycles. The zero-order chi connectivity index (χ0) is 17.3. The van der Waals surface area contributed by atoms with Gasteiger partial charge >= 0.3 is 0 Å². The Balaban J connectivity index is 1.62. The highest BCUT2D eigenvalue weighted by Crippen LogP contribution is 2.66. The Hall–Kier alpha value is -0.680. The summed E-state index contributed by atoms with van der Waals surface area (Å²) >= 11 is 0. The Kier molecular flexibility index (Phi) is 3.78. The number of amides is 1. The van der Waals surface area contributed by atoms with E-state index in [0.29, 0.717) is 11.7 Å². The standard InChI is InChI=1S/C19H29NO3S/c1-18(2)13-7-8-19(18,14(21)9-13)10-24(23)16-12-5-3-11(4-6-12)15(16)17(20)22/h3,5,11-16,21H,4,6-10H2,1-2H3,(H2,20,22)/t11-,12+,13+,14+,15-,16+,19+,24?/m0/s1. The van der Waals surface area contributed by atoms with Gasteiger partial charge in [0.25, 0.3) is 0 Å². The van der Waals surface area contributed by atoms with Crippen LogP contribution in [0.2, 0.25) is 0 Å². The summed E-state index contributed by atoms with van der Waals surface area (Å²) in [5, 5.41) is 10.6. The van der Waals surface area contributed by atoms with Gasteiger partial charge in [0.1, 0.15) is 0 Å². The summed E-state index contributed by atoms with van der Waals surface area (Å²) in [6.07, 6.45) is 8.79. The van der Waals surface area contributed by atoms with Crippen molar-refractivity contribution in [2.75, 3.05) is 5.75 Å². The highest BCUT2D eigenvalue weighted by Gasteiger charge is 2.64. The maximum Gasteiger partial charge on any atom is 0.222 e. The van der Waals surface area contributed by atoms with E-state index in [1.54, 1.807) is 0 Å². The largest absolute Gasteiger partial charge is 0.392 e. The molecule has 4 bridgehead atoms. The lowest BCUT2D eigenvalue weighted by atomic mass is 9.68. The first-order chi connectivity index (χ1) is 11.3. The fraction of sp³-hybridized carbons (Fsp3) is 0.842. The lowest BCUT2D eigenvalue weighted by molar-refractivity contribution is -0.124. The van der Waals surface area contributed by atoms with Crippen LogP contribution in [0.1, 0.15) is 46.0 Å². The van der Waals surface area contributed by atoms with Gasteiger partial charge in [-0.2, -0.15) is 0 Å². The van der Waals surface area contributed by atoms with Gasteiger partial charge in [-0.3, -0.25) is 9.00 Å². The van der Waals surface area contributed by atoms with E-state index < -0.39 is 10.8 Å². The van der Waals surface area contributed by atoms with Crippen molar-refractivity contribution < 1.29 is 14.1 Å². The molecule has 4 nitrogen and oxygen atoms in total. The van der Waals surface area contributed by atoms with Gasteiger partial charge in [-0.25, -0.2) is 0 Å². The smallest absolute Gasteiger partial charge is 0.222 e. The molecule has 5 aliphatic carbocycles. The summed E-state index contributed by atoms with van der Waals surface area (Å²) in [5.74, 6) is 0.785. The number of primary amides is 1. The third-order valence-electron chi connectivity index (χ3n) is 8.10. The Morgan fingerprint density at radius 3 is 2.42 bits per heavy atom. The van der Waals surface area contributed by atoms with Gasteiger partial charge in [-0.15, -0.1) is 0 Å². The molecule has 0 saturated heterocycles. The molecule has 24 heavy (non-hydrogen) atoms. The monoisotopic (exact) mass is 351 g/mol. The minimum absolute atomic E-state index is 0.0216. The van der Waals surface area contributed by atoms with E-state index >= 15 is 0 Å². The predicted molar refractivity (Wildman–Crippen MR) is 94.4 cm³/mol. The van der Waals surface area contributed by atoms with E-state index in [0.717, 1.165) is 32.1 Å². The number of aliphatic hydroxyl groups excluding tert-OH is 1. The van der Waals surface area contributed by atoms with Gasteiger partial charge in [-0.1, -0.05) is 26.0 Å². The van der Waals surface area contributed by atoms with Crippen LogP contribution in [0.3, 0.4) is 0 Å². The average Bonchev–Trinajstić information content (AvgIpc) is 2.89. The van der Waals surface area contributed by atoms with Crippen LogP contribution in [0.5, 0.6) is 0 Å². The molecule has 3 N–H and O–H groups in total. The molecule has 1 unspecified atom stereocenters. The van der Waals surface area contributed by atoms with Crippen LogP contribution in [0.25, 0.3) is 0 Å². The normalized spacial score (nSPS) is 49.5. The minimum atomic E-state index is -1.14. The van der Waals surface area contributed by atoms with Gasteiger partial charge in [0.05, 0.1) is 17.3 Å².